The van der Waals surface area contributed by atoms with Gasteiger partial charge < -0.3 is 0 Å². The number of Topliss-reactive ketones (excluding diaryl/α,β-unsaturated/α-hetero) is 1. The van der Waals surface area contributed by atoms with Crippen molar-refractivity contribution in [2.75, 3.05) is 0 Å². The van der Waals surface area contributed by atoms with Gasteiger partial charge in [-0.25, -0.2) is 8.78 Å². The highest BCUT2D eigenvalue weighted by atomic mass is 79.9. The average Bonchev–Trinajstić information content (AvgIpc) is 2.17. The zero-order valence-electron chi connectivity index (χ0n) is 8.43. The number of ketones is 1. The van der Waals surface area contributed by atoms with Gasteiger partial charge in [-0.05, 0) is 18.6 Å². The topological polar surface area (TPSA) is 40.9 Å². The lowest BCUT2D eigenvalue weighted by Crippen LogP contribution is -2.15. The second-order valence-electron chi connectivity index (χ2n) is 3.20. The molecule has 84 valence electrons. The van der Waals surface area contributed by atoms with Gasteiger partial charge in [-0.1, -0.05) is 22.9 Å². The molecule has 1 atom stereocenters. The van der Waals surface area contributed by atoms with Crippen LogP contribution < -0.4 is 0 Å². The predicted octanol–water partition coefficient (Wildman–Crippen LogP) is 3.46. The highest BCUT2D eigenvalue weighted by Gasteiger charge is 2.24. The smallest absolute Gasteiger partial charge is 0.185 e. The van der Waals surface area contributed by atoms with E-state index in [-0.39, 0.29) is 10.9 Å². The molecule has 0 N–H and O–H groups in total. The molecule has 16 heavy (non-hydrogen) atoms. The molecule has 1 unspecified atom stereocenters. The van der Waals surface area contributed by atoms with Gasteiger partial charge in [-0.2, -0.15) is 5.26 Å². The van der Waals surface area contributed by atoms with Gasteiger partial charge in [0.05, 0.1) is 11.6 Å². The van der Waals surface area contributed by atoms with Gasteiger partial charge in [0.15, 0.2) is 5.78 Å². The number of nitriles is 1. The third-order valence-electron chi connectivity index (χ3n) is 2.13. The van der Waals surface area contributed by atoms with Crippen molar-refractivity contribution < 1.29 is 13.6 Å². The van der Waals surface area contributed by atoms with E-state index in [4.69, 9.17) is 5.26 Å². The second-order valence-corrected chi connectivity index (χ2v) is 4.11. The number of rotatable bonds is 3. The number of hydrogen-bond donors (Lipinski definition) is 0. The summed E-state index contributed by atoms with van der Waals surface area (Å²) < 4.78 is 27.0. The maximum Gasteiger partial charge on any atom is 0.185 e. The standard InChI is InChI=1S/C11H8BrF2NO/c1-2-6(5-15)11(16)10-8(13)3-7(12)4-9(10)14/h3-4,6H,2H2,1H3. The third kappa shape index (κ3) is 2.45. The van der Waals surface area contributed by atoms with Crippen LogP contribution in [0.1, 0.15) is 23.7 Å². The summed E-state index contributed by atoms with van der Waals surface area (Å²) in [4.78, 5) is 11.6. The van der Waals surface area contributed by atoms with E-state index < -0.39 is 28.9 Å². The van der Waals surface area contributed by atoms with E-state index in [0.717, 1.165) is 12.1 Å². The number of carbonyl (C=O) groups is 1. The van der Waals surface area contributed by atoms with Crippen molar-refractivity contribution in [3.8, 4) is 6.07 Å². The van der Waals surface area contributed by atoms with Crippen molar-refractivity contribution in [2.24, 2.45) is 5.92 Å². The molecule has 0 aliphatic heterocycles. The molecule has 2 nitrogen and oxygen atoms in total. The summed E-state index contributed by atoms with van der Waals surface area (Å²) in [6, 6.07) is 3.73. The molecule has 0 heterocycles. The van der Waals surface area contributed by atoms with Crippen molar-refractivity contribution in [1.29, 1.82) is 5.26 Å². The van der Waals surface area contributed by atoms with Crippen LogP contribution in [0, 0.1) is 28.9 Å². The monoisotopic (exact) mass is 287 g/mol. The molecular weight excluding hydrogens is 280 g/mol. The van der Waals surface area contributed by atoms with Crippen LogP contribution >= 0.6 is 15.9 Å². The lowest BCUT2D eigenvalue weighted by molar-refractivity contribution is 0.0938. The number of nitrogens with zero attached hydrogens (tertiary/aromatic N) is 1. The van der Waals surface area contributed by atoms with Crippen molar-refractivity contribution in [1.82, 2.24) is 0 Å². The molecule has 1 aromatic rings. The lowest BCUT2D eigenvalue weighted by atomic mass is 9.96. The van der Waals surface area contributed by atoms with Crippen molar-refractivity contribution in [2.45, 2.75) is 13.3 Å². The summed E-state index contributed by atoms with van der Waals surface area (Å²) in [6.45, 7) is 1.61. The number of carbonyl (C=O) groups excluding carboxylic acids is 1. The fourth-order valence-electron chi connectivity index (χ4n) is 1.29. The van der Waals surface area contributed by atoms with Gasteiger partial charge in [0.1, 0.15) is 17.6 Å². The lowest BCUT2D eigenvalue weighted by Gasteiger charge is -2.07. The quantitative estimate of drug-likeness (QED) is 0.799. The minimum atomic E-state index is -1.01. The van der Waals surface area contributed by atoms with Gasteiger partial charge in [-0.3, -0.25) is 4.79 Å². The van der Waals surface area contributed by atoms with Gasteiger partial charge in [0, 0.05) is 4.47 Å². The zero-order valence-corrected chi connectivity index (χ0v) is 10.0. The number of halogens is 3. The summed E-state index contributed by atoms with van der Waals surface area (Å²) in [5.74, 6) is -3.73. The van der Waals surface area contributed by atoms with E-state index in [9.17, 15) is 13.6 Å². The third-order valence-corrected chi connectivity index (χ3v) is 2.59. The average molecular weight is 288 g/mol. The SMILES string of the molecule is CCC(C#N)C(=O)c1c(F)cc(Br)cc1F. The van der Waals surface area contributed by atoms with Crippen LogP contribution in [0.25, 0.3) is 0 Å². The maximum absolute atomic E-state index is 13.4. The summed E-state index contributed by atoms with van der Waals surface area (Å²) in [6.07, 6.45) is 0.226. The Labute approximate surface area is 100 Å². The zero-order chi connectivity index (χ0) is 12.3. The predicted molar refractivity (Wildman–Crippen MR) is 57.8 cm³/mol. The molecule has 0 fully saturated rings. The Bertz CT molecular complexity index is 445. The molecule has 0 radical (unpaired) electrons. The molecule has 5 heteroatoms. The fraction of sp³-hybridized carbons (Fsp3) is 0.273. The first-order chi connectivity index (χ1) is 7.51. The molecule has 0 saturated carbocycles. The fourth-order valence-corrected chi connectivity index (χ4v) is 1.69. The highest BCUT2D eigenvalue weighted by molar-refractivity contribution is 9.10. The van der Waals surface area contributed by atoms with Gasteiger partial charge in [0.2, 0.25) is 0 Å². The van der Waals surface area contributed by atoms with Crippen LogP contribution in [-0.4, -0.2) is 5.78 Å². The molecule has 0 aromatic heterocycles. The van der Waals surface area contributed by atoms with Crippen molar-refractivity contribution in [3.63, 3.8) is 0 Å². The minimum absolute atomic E-state index is 0.212. The summed E-state index contributed by atoms with van der Waals surface area (Å²) in [5.41, 5.74) is -0.642. The second kappa shape index (κ2) is 5.17. The molecule has 0 aliphatic carbocycles. The Morgan fingerprint density at radius 1 is 1.50 bits per heavy atom. The highest BCUT2D eigenvalue weighted by Crippen LogP contribution is 2.22. The Kier molecular flexibility index (Phi) is 4.13. The summed E-state index contributed by atoms with van der Waals surface area (Å²) in [7, 11) is 0. The van der Waals surface area contributed by atoms with Gasteiger partial charge in [0.25, 0.3) is 0 Å². The van der Waals surface area contributed by atoms with E-state index >= 15 is 0 Å². The largest absolute Gasteiger partial charge is 0.292 e. The molecule has 1 aromatic carbocycles. The normalized spacial score (nSPS) is 11.9. The first kappa shape index (κ1) is 12.8. The van der Waals surface area contributed by atoms with E-state index in [1.807, 2.05) is 0 Å². The minimum Gasteiger partial charge on any atom is -0.292 e. The Hall–Kier alpha value is -1.28. The van der Waals surface area contributed by atoms with Crippen LogP contribution in [0.2, 0.25) is 0 Å². The van der Waals surface area contributed by atoms with E-state index in [1.54, 1.807) is 13.0 Å². The van der Waals surface area contributed by atoms with Crippen LogP contribution in [0.15, 0.2) is 16.6 Å². The van der Waals surface area contributed by atoms with E-state index in [0.29, 0.717) is 0 Å². The molecule has 1 rings (SSSR count). The first-order valence-corrected chi connectivity index (χ1v) is 5.39. The van der Waals surface area contributed by atoms with Crippen molar-refractivity contribution in [3.05, 3.63) is 33.8 Å². The Balaban J connectivity index is 3.24. The molecule has 0 bridgehead atoms. The van der Waals surface area contributed by atoms with Crippen LogP contribution in [-0.2, 0) is 0 Å². The molecule has 0 saturated heterocycles. The molecule has 0 aliphatic rings. The van der Waals surface area contributed by atoms with Crippen LogP contribution in [0.4, 0.5) is 8.78 Å². The van der Waals surface area contributed by atoms with Gasteiger partial charge in [-0.15, -0.1) is 0 Å². The van der Waals surface area contributed by atoms with Gasteiger partial charge >= 0.3 is 0 Å². The maximum atomic E-state index is 13.4. The Morgan fingerprint density at radius 2 is 2.00 bits per heavy atom. The molecular formula is C11H8BrF2NO. The molecule has 0 spiro atoms. The van der Waals surface area contributed by atoms with E-state index in [1.165, 1.54) is 0 Å². The van der Waals surface area contributed by atoms with Crippen LogP contribution in [0.5, 0.6) is 0 Å². The summed E-state index contributed by atoms with van der Waals surface area (Å²) in [5, 5.41) is 8.67. The van der Waals surface area contributed by atoms with Crippen LogP contribution in [0.3, 0.4) is 0 Å². The summed E-state index contributed by atoms with van der Waals surface area (Å²) >= 11 is 2.91. The number of benzene rings is 1. The first-order valence-electron chi connectivity index (χ1n) is 4.59. The van der Waals surface area contributed by atoms with Crippen molar-refractivity contribution >= 4 is 21.7 Å². The van der Waals surface area contributed by atoms with E-state index in [2.05, 4.69) is 15.9 Å². The Morgan fingerprint density at radius 3 is 2.38 bits per heavy atom. The molecule has 0 amide bonds. The number of hydrogen-bond acceptors (Lipinski definition) is 2.